The summed E-state index contributed by atoms with van der Waals surface area (Å²) in [6.07, 6.45) is 4.99. The third kappa shape index (κ3) is 2.89. The lowest BCUT2D eigenvalue weighted by molar-refractivity contribution is 0.0835. The van der Waals surface area contributed by atoms with E-state index in [0.717, 1.165) is 19.7 Å². The van der Waals surface area contributed by atoms with Gasteiger partial charge in [0.1, 0.15) is 0 Å². The zero-order valence-corrected chi connectivity index (χ0v) is 12.4. The van der Waals surface area contributed by atoms with Crippen LogP contribution in [0, 0.1) is 6.92 Å². The van der Waals surface area contributed by atoms with Crippen LogP contribution in [0.4, 0.5) is 0 Å². The summed E-state index contributed by atoms with van der Waals surface area (Å²) >= 11 is 0. The molecule has 2 heterocycles. The highest BCUT2D eigenvalue weighted by Gasteiger charge is 2.21. The lowest BCUT2D eigenvalue weighted by Gasteiger charge is -2.20. The molecule has 2 atom stereocenters. The normalized spacial score (nSPS) is 20.6. The van der Waals surface area contributed by atoms with Crippen molar-refractivity contribution in [1.82, 2.24) is 9.88 Å². The lowest BCUT2D eigenvalue weighted by Crippen LogP contribution is -2.38. The van der Waals surface area contributed by atoms with E-state index in [9.17, 15) is 0 Å². The second-order valence-electron chi connectivity index (χ2n) is 5.87. The molecule has 2 unspecified atom stereocenters. The fraction of sp³-hybridized carbons (Fsp3) is 0.529. The van der Waals surface area contributed by atoms with E-state index in [1.165, 1.54) is 29.3 Å². The van der Waals surface area contributed by atoms with Gasteiger partial charge in [0.2, 0.25) is 0 Å². The number of hydrogen-bond acceptors (Lipinski definition) is 2. The zero-order valence-electron chi connectivity index (χ0n) is 12.4. The van der Waals surface area contributed by atoms with Crippen LogP contribution in [-0.4, -0.2) is 29.9 Å². The summed E-state index contributed by atoms with van der Waals surface area (Å²) in [6.45, 7) is 7.29. The Hall–Kier alpha value is -1.32. The van der Waals surface area contributed by atoms with Gasteiger partial charge in [-0.1, -0.05) is 11.6 Å². The van der Waals surface area contributed by atoms with Gasteiger partial charge >= 0.3 is 0 Å². The van der Waals surface area contributed by atoms with Gasteiger partial charge in [0.25, 0.3) is 0 Å². The molecule has 2 aromatic rings. The average molecular weight is 272 g/mol. The van der Waals surface area contributed by atoms with Crippen molar-refractivity contribution < 1.29 is 4.74 Å². The second kappa shape index (κ2) is 5.98. The molecule has 20 heavy (non-hydrogen) atoms. The number of ether oxygens (including phenoxy) is 1. The van der Waals surface area contributed by atoms with Gasteiger partial charge in [0, 0.05) is 37.5 Å². The Kier molecular flexibility index (Phi) is 4.08. The molecule has 1 aliphatic rings. The molecule has 0 radical (unpaired) electrons. The molecule has 1 aromatic carbocycles. The van der Waals surface area contributed by atoms with Crippen LogP contribution in [0.2, 0.25) is 0 Å². The van der Waals surface area contributed by atoms with Gasteiger partial charge in [-0.2, -0.15) is 0 Å². The van der Waals surface area contributed by atoms with Crippen LogP contribution in [-0.2, 0) is 11.3 Å². The number of aryl methyl sites for hydroxylation is 1. The van der Waals surface area contributed by atoms with E-state index in [-0.39, 0.29) is 0 Å². The third-order valence-corrected chi connectivity index (χ3v) is 4.27. The quantitative estimate of drug-likeness (QED) is 0.905. The fourth-order valence-electron chi connectivity index (χ4n) is 3.06. The molecule has 0 spiro atoms. The molecule has 1 aliphatic heterocycles. The summed E-state index contributed by atoms with van der Waals surface area (Å²) in [6, 6.07) is 9.29. The highest BCUT2D eigenvalue weighted by Crippen LogP contribution is 2.18. The van der Waals surface area contributed by atoms with Crippen LogP contribution in [0.3, 0.4) is 0 Å². The molecule has 1 saturated heterocycles. The molecule has 0 amide bonds. The van der Waals surface area contributed by atoms with Crippen molar-refractivity contribution in [2.24, 2.45) is 0 Å². The van der Waals surface area contributed by atoms with E-state index in [1.54, 1.807) is 0 Å². The number of fused-ring (bicyclic) bond motifs is 1. The Morgan fingerprint density at radius 3 is 3.10 bits per heavy atom. The topological polar surface area (TPSA) is 26.2 Å². The Balaban J connectivity index is 1.57. The molecular weight excluding hydrogens is 248 g/mol. The number of nitrogens with zero attached hydrogens (tertiary/aromatic N) is 1. The van der Waals surface area contributed by atoms with Crippen LogP contribution in [0.5, 0.6) is 0 Å². The number of nitrogens with one attached hydrogen (secondary N) is 1. The molecule has 108 valence electrons. The van der Waals surface area contributed by atoms with Gasteiger partial charge in [-0.25, -0.2) is 0 Å². The van der Waals surface area contributed by atoms with Crippen LogP contribution in [0.15, 0.2) is 30.5 Å². The number of benzene rings is 1. The van der Waals surface area contributed by atoms with Crippen molar-refractivity contribution in [2.75, 3.05) is 13.2 Å². The van der Waals surface area contributed by atoms with Crippen molar-refractivity contribution in [1.29, 1.82) is 0 Å². The van der Waals surface area contributed by atoms with Gasteiger partial charge in [-0.15, -0.1) is 0 Å². The van der Waals surface area contributed by atoms with Crippen LogP contribution in [0.25, 0.3) is 10.9 Å². The highest BCUT2D eigenvalue weighted by molar-refractivity contribution is 5.80. The Bertz CT molecular complexity index is 569. The summed E-state index contributed by atoms with van der Waals surface area (Å²) in [5.74, 6) is 0. The van der Waals surface area contributed by atoms with E-state index in [2.05, 4.69) is 54.2 Å². The van der Waals surface area contributed by atoms with Crippen molar-refractivity contribution in [3.05, 3.63) is 36.0 Å². The first-order valence-electron chi connectivity index (χ1n) is 7.64. The van der Waals surface area contributed by atoms with Gasteiger partial charge in [-0.3, -0.25) is 0 Å². The SMILES string of the molecule is Cc1ccc2c(ccn2CCNC(C)C2CCCO2)c1. The van der Waals surface area contributed by atoms with Crippen molar-refractivity contribution in [2.45, 2.75) is 45.4 Å². The molecule has 3 heteroatoms. The molecular formula is C17H24N2O. The van der Waals surface area contributed by atoms with Crippen LogP contribution < -0.4 is 5.32 Å². The van der Waals surface area contributed by atoms with Gasteiger partial charge in [0.15, 0.2) is 0 Å². The predicted octanol–water partition coefficient (Wildman–Crippen LogP) is 3.11. The van der Waals surface area contributed by atoms with Gasteiger partial charge < -0.3 is 14.6 Å². The Labute approximate surface area is 120 Å². The molecule has 3 rings (SSSR count). The first-order valence-corrected chi connectivity index (χ1v) is 7.64. The first kappa shape index (κ1) is 13.7. The van der Waals surface area contributed by atoms with Gasteiger partial charge in [0.05, 0.1) is 6.10 Å². The monoisotopic (exact) mass is 272 g/mol. The number of rotatable bonds is 5. The second-order valence-corrected chi connectivity index (χ2v) is 5.87. The number of aromatic nitrogens is 1. The predicted molar refractivity (Wildman–Crippen MR) is 83.1 cm³/mol. The maximum absolute atomic E-state index is 5.72. The minimum absolute atomic E-state index is 0.402. The molecule has 3 nitrogen and oxygen atoms in total. The standard InChI is InChI=1S/C17H24N2O/c1-13-5-6-16-15(12-13)7-9-19(16)10-8-18-14(2)17-4-3-11-20-17/h5-7,9,12,14,17-18H,3-4,8,10-11H2,1-2H3. The summed E-state index contributed by atoms with van der Waals surface area (Å²) < 4.78 is 8.04. The highest BCUT2D eigenvalue weighted by atomic mass is 16.5. The molecule has 0 bridgehead atoms. The summed E-state index contributed by atoms with van der Waals surface area (Å²) in [5, 5.41) is 4.92. The smallest absolute Gasteiger partial charge is 0.0726 e. The molecule has 1 fully saturated rings. The van der Waals surface area contributed by atoms with E-state index < -0.39 is 0 Å². The number of hydrogen-bond donors (Lipinski definition) is 1. The minimum atomic E-state index is 0.402. The molecule has 1 aromatic heterocycles. The zero-order chi connectivity index (χ0) is 13.9. The van der Waals surface area contributed by atoms with Crippen molar-refractivity contribution in [3.63, 3.8) is 0 Å². The van der Waals surface area contributed by atoms with E-state index >= 15 is 0 Å². The van der Waals surface area contributed by atoms with Crippen molar-refractivity contribution in [3.8, 4) is 0 Å². The average Bonchev–Trinajstić information content (AvgIpc) is 3.08. The Morgan fingerprint density at radius 1 is 1.40 bits per heavy atom. The van der Waals surface area contributed by atoms with Gasteiger partial charge in [-0.05, 0) is 50.3 Å². The fourth-order valence-corrected chi connectivity index (χ4v) is 3.06. The maximum atomic E-state index is 5.72. The Morgan fingerprint density at radius 2 is 2.30 bits per heavy atom. The lowest BCUT2D eigenvalue weighted by atomic mass is 10.1. The summed E-state index contributed by atoms with van der Waals surface area (Å²) in [4.78, 5) is 0. The summed E-state index contributed by atoms with van der Waals surface area (Å²) in [7, 11) is 0. The third-order valence-electron chi connectivity index (χ3n) is 4.27. The van der Waals surface area contributed by atoms with Crippen LogP contribution >= 0.6 is 0 Å². The maximum Gasteiger partial charge on any atom is 0.0726 e. The van der Waals surface area contributed by atoms with Crippen molar-refractivity contribution >= 4 is 10.9 Å². The summed E-state index contributed by atoms with van der Waals surface area (Å²) in [5.41, 5.74) is 2.64. The minimum Gasteiger partial charge on any atom is -0.377 e. The largest absolute Gasteiger partial charge is 0.377 e. The van der Waals surface area contributed by atoms with Crippen LogP contribution in [0.1, 0.15) is 25.3 Å². The van der Waals surface area contributed by atoms with E-state index in [1.807, 2.05) is 0 Å². The van der Waals surface area contributed by atoms with E-state index in [4.69, 9.17) is 4.74 Å². The first-order chi connectivity index (χ1) is 9.74. The van der Waals surface area contributed by atoms with E-state index in [0.29, 0.717) is 12.1 Å². The molecule has 1 N–H and O–H groups in total. The molecule has 0 aliphatic carbocycles. The molecule has 0 saturated carbocycles.